The molecule has 0 heterocycles. The molecule has 38 heavy (non-hydrogen) atoms. The maximum atomic E-state index is 2.41. The second kappa shape index (κ2) is 13.6. The number of benzene rings is 4. The summed E-state index contributed by atoms with van der Waals surface area (Å²) in [4.78, 5) is 0. The van der Waals surface area contributed by atoms with Crippen LogP contribution in [-0.4, -0.2) is 3.21 Å². The fourth-order valence-corrected chi connectivity index (χ4v) is 6.04. The Bertz CT molecular complexity index is 1560. The van der Waals surface area contributed by atoms with Gasteiger partial charge < -0.3 is 24.8 Å². The Morgan fingerprint density at radius 3 is 2.00 bits per heavy atom. The standard InChI is InChI=1S/C22H21.C13H10.2ClH.Zr/c1-4-16-12-20-19-10-9-14(2)11-18(19)13-21(20)22(15(16)3)17-7-5-6-8-17;1-3-7-12(8-4-1)11-13-9-5-2-6-10-13;;;/h5-7,9-13H,4,8H2,1-3H3;1-10H;2*1H;/q-1;;;;+2/p-2. The van der Waals surface area contributed by atoms with Gasteiger partial charge in [0.15, 0.2) is 0 Å². The molecule has 0 unspecified atom stereocenters. The van der Waals surface area contributed by atoms with Crippen molar-refractivity contribution in [1.82, 2.24) is 0 Å². The molecule has 0 nitrogen and oxygen atoms in total. The maximum absolute atomic E-state index is 2.41. The van der Waals surface area contributed by atoms with E-state index < -0.39 is 0 Å². The van der Waals surface area contributed by atoms with Crippen molar-refractivity contribution in [2.75, 3.05) is 0 Å². The zero-order valence-electron chi connectivity index (χ0n) is 22.1. The van der Waals surface area contributed by atoms with Crippen molar-refractivity contribution in [3.8, 4) is 0 Å². The van der Waals surface area contributed by atoms with Crippen molar-refractivity contribution in [3.63, 3.8) is 0 Å². The van der Waals surface area contributed by atoms with Gasteiger partial charge >= 0.3 is 99.2 Å². The molecule has 0 atom stereocenters. The molecular formula is C35H31Cl2Zr-. The van der Waals surface area contributed by atoms with Crippen molar-refractivity contribution in [2.24, 2.45) is 0 Å². The Balaban J connectivity index is 0.000000219. The Kier molecular flexibility index (Phi) is 10.8. The Morgan fingerprint density at radius 2 is 1.45 bits per heavy atom. The number of halogens is 2. The first-order valence-corrected chi connectivity index (χ1v) is 14.0. The van der Waals surface area contributed by atoms with Gasteiger partial charge in [0, 0.05) is 0 Å². The minimum absolute atomic E-state index is 0. The number of hydrogen-bond donors (Lipinski definition) is 0. The van der Waals surface area contributed by atoms with Gasteiger partial charge in [0.1, 0.15) is 0 Å². The van der Waals surface area contributed by atoms with Crippen LogP contribution in [0.5, 0.6) is 0 Å². The van der Waals surface area contributed by atoms with Crippen molar-refractivity contribution in [3.05, 3.63) is 143 Å². The Morgan fingerprint density at radius 1 is 0.816 bits per heavy atom. The van der Waals surface area contributed by atoms with E-state index in [1.54, 1.807) is 0 Å². The van der Waals surface area contributed by atoms with Gasteiger partial charge in [0.2, 0.25) is 0 Å². The summed E-state index contributed by atoms with van der Waals surface area (Å²) >= 11 is 1.46. The fraction of sp³-hybridized carbons (Fsp3) is 0.143. The molecule has 0 bridgehead atoms. The van der Waals surface area contributed by atoms with Gasteiger partial charge in [-0.1, -0.05) is 71.2 Å². The van der Waals surface area contributed by atoms with Gasteiger partial charge in [-0.3, -0.25) is 0 Å². The summed E-state index contributed by atoms with van der Waals surface area (Å²) in [5.41, 5.74) is 9.85. The third-order valence-electron chi connectivity index (χ3n) is 7.13. The third kappa shape index (κ3) is 6.23. The van der Waals surface area contributed by atoms with Crippen LogP contribution in [0.1, 0.15) is 46.7 Å². The molecule has 3 heteroatoms. The molecule has 0 radical (unpaired) electrons. The Labute approximate surface area is 254 Å². The van der Waals surface area contributed by atoms with Crippen LogP contribution in [0.25, 0.3) is 27.1 Å². The third-order valence-corrected chi connectivity index (χ3v) is 8.55. The molecule has 0 aromatic heterocycles. The zero-order valence-corrected chi connectivity index (χ0v) is 26.0. The monoisotopic (exact) mass is 611 g/mol. The van der Waals surface area contributed by atoms with Gasteiger partial charge in [0.05, 0.1) is 0 Å². The number of rotatable bonds is 4. The summed E-state index contributed by atoms with van der Waals surface area (Å²) in [7, 11) is 0. The van der Waals surface area contributed by atoms with Gasteiger partial charge in [-0.15, -0.1) is 33.7 Å². The predicted octanol–water partition coefficient (Wildman–Crippen LogP) is 3.04. The molecule has 0 N–H and O–H groups in total. The van der Waals surface area contributed by atoms with Crippen LogP contribution in [0.4, 0.5) is 0 Å². The molecule has 5 aromatic carbocycles. The zero-order chi connectivity index (χ0) is 25.1. The van der Waals surface area contributed by atoms with Crippen molar-refractivity contribution < 1.29 is 49.0 Å². The van der Waals surface area contributed by atoms with Crippen LogP contribution in [0, 0.1) is 13.8 Å². The van der Waals surface area contributed by atoms with Crippen LogP contribution < -0.4 is 24.8 Å². The number of allylic oxidation sites excluding steroid dienone is 4. The first-order chi connectivity index (χ1) is 17.6. The van der Waals surface area contributed by atoms with Gasteiger partial charge in [-0.05, 0) is 26.7 Å². The van der Waals surface area contributed by atoms with Gasteiger partial charge in [0.25, 0.3) is 0 Å². The molecule has 0 fully saturated rings. The molecule has 190 valence electrons. The van der Waals surface area contributed by atoms with Gasteiger partial charge in [-0.2, -0.15) is 0 Å². The summed E-state index contributed by atoms with van der Waals surface area (Å²) in [6.45, 7) is 6.72. The van der Waals surface area contributed by atoms with Crippen molar-refractivity contribution in [1.29, 1.82) is 0 Å². The summed E-state index contributed by atoms with van der Waals surface area (Å²) in [5.74, 6) is 0. The van der Waals surface area contributed by atoms with Crippen molar-refractivity contribution >= 4 is 30.3 Å². The first-order valence-electron chi connectivity index (χ1n) is 12.7. The minimum atomic E-state index is 0. The quantitative estimate of drug-likeness (QED) is 0.274. The van der Waals surface area contributed by atoms with E-state index in [1.807, 2.05) is 0 Å². The van der Waals surface area contributed by atoms with E-state index in [-0.39, 0.29) is 24.8 Å². The average molecular weight is 614 g/mol. The molecule has 0 amide bonds. The van der Waals surface area contributed by atoms with E-state index in [0.717, 1.165) is 12.8 Å². The van der Waals surface area contributed by atoms with E-state index in [9.17, 15) is 0 Å². The van der Waals surface area contributed by atoms with Crippen molar-refractivity contribution in [2.45, 2.75) is 33.6 Å². The summed E-state index contributed by atoms with van der Waals surface area (Å²) in [6, 6.07) is 32.7. The van der Waals surface area contributed by atoms with E-state index >= 15 is 0 Å². The van der Waals surface area contributed by atoms with E-state index in [4.69, 9.17) is 0 Å². The normalized spacial score (nSPS) is 11.9. The molecule has 1 aliphatic rings. The topological polar surface area (TPSA) is 0 Å². The van der Waals surface area contributed by atoms with Crippen LogP contribution >= 0.6 is 0 Å². The van der Waals surface area contributed by atoms with Crippen LogP contribution in [0.2, 0.25) is 0 Å². The summed E-state index contributed by atoms with van der Waals surface area (Å²) < 4.78 is 1.42. The molecular weight excluding hydrogens is 583 g/mol. The molecule has 6 rings (SSSR count). The van der Waals surface area contributed by atoms with E-state index in [2.05, 4.69) is 130 Å². The number of fused-ring (bicyclic) bond motifs is 3. The van der Waals surface area contributed by atoms with Crippen LogP contribution in [-0.2, 0) is 30.7 Å². The molecule has 0 aliphatic heterocycles. The predicted molar refractivity (Wildman–Crippen MR) is 154 cm³/mol. The second-order valence-electron chi connectivity index (χ2n) is 9.52. The number of hydrogen-bond acceptors (Lipinski definition) is 0. The molecule has 1 aliphatic carbocycles. The average Bonchev–Trinajstić information content (AvgIpc) is 3.57. The van der Waals surface area contributed by atoms with Crippen LogP contribution in [0.15, 0.2) is 109 Å². The summed E-state index contributed by atoms with van der Waals surface area (Å²) in [6.07, 6.45) is 8.87. The van der Waals surface area contributed by atoms with E-state index in [1.165, 1.54) is 87.9 Å². The van der Waals surface area contributed by atoms with E-state index in [0.29, 0.717) is 0 Å². The van der Waals surface area contributed by atoms with Crippen LogP contribution in [0.3, 0.4) is 0 Å². The Hall–Kier alpha value is -2.44. The second-order valence-corrected chi connectivity index (χ2v) is 10.7. The summed E-state index contributed by atoms with van der Waals surface area (Å²) in [5, 5.41) is 5.60. The SMILES string of the molecule is CCc1cc2c([cH-]c3cc(C)ccc32)c(C2=CC=CC2)c1C.[Cl-].[Cl-].[Zr+2]=[C](c1ccccc1)c1ccccc1. The molecule has 0 spiro atoms. The fourth-order valence-electron chi connectivity index (χ4n) is 5.22. The molecule has 0 saturated carbocycles. The van der Waals surface area contributed by atoms with Gasteiger partial charge in [-0.25, -0.2) is 0 Å². The molecule has 0 saturated heterocycles. The molecule has 5 aromatic rings. The number of aryl methyl sites for hydroxylation is 2. The first kappa shape index (κ1) is 30.1.